The zero-order valence-electron chi connectivity index (χ0n) is 34.2. The fourth-order valence-electron chi connectivity index (χ4n) is 8.94. The number of benzene rings is 4. The SMILES string of the molecule is Cc1ccc(C2=Cc3c(cc(C)c(C)c3-c3ccc(C(F)(F)F)cc3)[CH]2[Zr+2]([CH]2C(c3ccc(C)o3)=Cc3c2cc(C)c(C)c3-c2ccc(C(F)(F)F)cc2)=[Si](C)C)o1.[Cl-].[Cl-]. The van der Waals surface area contributed by atoms with Crippen LogP contribution in [-0.2, 0) is 32.7 Å². The summed E-state index contributed by atoms with van der Waals surface area (Å²) in [5.41, 5.74) is 11.6. The molecule has 0 bridgehead atoms. The van der Waals surface area contributed by atoms with Crippen molar-refractivity contribution in [3.8, 4) is 22.3 Å². The first kappa shape index (κ1) is 45.7. The second kappa shape index (κ2) is 16.8. The third kappa shape index (κ3) is 8.03. The Morgan fingerprint density at radius 3 is 1.15 bits per heavy atom. The standard InChI is InChI=1S/2C23H18F3O.C2H6Si.2ClH.Zr/c2*1-13-10-17-11-18(21-9-4-14(2)27-21)12-20(17)22(15(13)3)16-5-7-19(8-6-16)23(24,25)26;1-3-2;;;/h2*4-12H,1-3H3;1-2H3;2*1H;/q;;;;;+2/p-2. The van der Waals surface area contributed by atoms with Crippen LogP contribution in [0, 0.1) is 41.5 Å². The summed E-state index contributed by atoms with van der Waals surface area (Å²) in [4.78, 5) is 0. The number of halogens is 8. The molecule has 2 aliphatic carbocycles. The van der Waals surface area contributed by atoms with Crippen molar-refractivity contribution in [1.29, 1.82) is 0 Å². The van der Waals surface area contributed by atoms with Crippen molar-refractivity contribution in [3.63, 3.8) is 0 Å². The van der Waals surface area contributed by atoms with Crippen LogP contribution in [-0.4, -0.2) is 5.43 Å². The van der Waals surface area contributed by atoms with Gasteiger partial charge in [-0.1, -0.05) is 0 Å². The van der Waals surface area contributed by atoms with E-state index < -0.39 is 49.3 Å². The number of alkyl halides is 6. The van der Waals surface area contributed by atoms with Gasteiger partial charge in [-0.2, -0.15) is 0 Å². The fraction of sp³-hybridized carbons (Fsp3) is 0.250. The minimum absolute atomic E-state index is 0. The van der Waals surface area contributed by atoms with E-state index in [1.807, 2.05) is 52.0 Å². The molecule has 2 heterocycles. The topological polar surface area (TPSA) is 26.3 Å². The molecule has 6 aromatic rings. The largest absolute Gasteiger partial charge is 1.00 e. The van der Waals surface area contributed by atoms with Crippen LogP contribution in [0.4, 0.5) is 26.3 Å². The molecule has 60 heavy (non-hydrogen) atoms. The molecule has 4 aromatic carbocycles. The average molecular weight is 955 g/mol. The maximum atomic E-state index is 13.7. The number of hydrogen-bond acceptors (Lipinski definition) is 2. The zero-order chi connectivity index (χ0) is 41.6. The van der Waals surface area contributed by atoms with Crippen LogP contribution in [0.2, 0.25) is 13.1 Å². The van der Waals surface area contributed by atoms with E-state index in [4.69, 9.17) is 8.83 Å². The Morgan fingerprint density at radius 1 is 0.517 bits per heavy atom. The molecule has 2 aliphatic rings. The van der Waals surface area contributed by atoms with Gasteiger partial charge >= 0.3 is 344 Å². The summed E-state index contributed by atoms with van der Waals surface area (Å²) in [6.45, 7) is 16.9. The van der Waals surface area contributed by atoms with Gasteiger partial charge < -0.3 is 24.8 Å². The first-order valence-corrected chi connectivity index (χ1v) is 28.2. The maximum Gasteiger partial charge on any atom is -1.00 e. The number of allylic oxidation sites excluding steroid dienone is 2. The van der Waals surface area contributed by atoms with E-state index in [0.717, 1.165) is 114 Å². The number of aryl methyl sites for hydroxylation is 4. The van der Waals surface area contributed by atoms with Crippen molar-refractivity contribution in [2.45, 2.75) is 74.2 Å². The first-order valence-electron chi connectivity index (χ1n) is 19.2. The van der Waals surface area contributed by atoms with E-state index in [0.29, 0.717) is 0 Å². The third-order valence-corrected chi connectivity index (χ3v) is 31.1. The van der Waals surface area contributed by atoms with Crippen molar-refractivity contribution in [1.82, 2.24) is 0 Å². The molecule has 310 valence electrons. The van der Waals surface area contributed by atoms with Gasteiger partial charge in [0, 0.05) is 0 Å². The van der Waals surface area contributed by atoms with Crippen molar-refractivity contribution in [2.24, 2.45) is 0 Å². The number of furan rings is 2. The monoisotopic (exact) mass is 952 g/mol. The minimum atomic E-state index is -4.45. The van der Waals surface area contributed by atoms with E-state index in [1.165, 1.54) is 11.1 Å². The first-order chi connectivity index (χ1) is 27.3. The van der Waals surface area contributed by atoms with Gasteiger partial charge in [-0.3, -0.25) is 0 Å². The second-order valence-corrected chi connectivity index (χ2v) is 33.8. The summed E-state index contributed by atoms with van der Waals surface area (Å²) in [5.74, 6) is 3.15. The van der Waals surface area contributed by atoms with Crippen LogP contribution in [0.25, 0.3) is 45.6 Å². The van der Waals surface area contributed by atoms with Crippen LogP contribution in [0.1, 0.15) is 85.9 Å². The van der Waals surface area contributed by atoms with Gasteiger partial charge in [-0.25, -0.2) is 0 Å². The van der Waals surface area contributed by atoms with Gasteiger partial charge in [0.05, 0.1) is 0 Å². The van der Waals surface area contributed by atoms with Crippen molar-refractivity contribution in [2.75, 3.05) is 0 Å². The van der Waals surface area contributed by atoms with Gasteiger partial charge in [-0.05, 0) is 0 Å². The summed E-state index contributed by atoms with van der Waals surface area (Å²) in [6.07, 6.45) is -4.43. The van der Waals surface area contributed by atoms with Gasteiger partial charge in [0.25, 0.3) is 0 Å². The smallest absolute Gasteiger partial charge is 1.00 e. The van der Waals surface area contributed by atoms with Crippen molar-refractivity contribution < 1.29 is 80.4 Å². The van der Waals surface area contributed by atoms with E-state index in [1.54, 1.807) is 24.3 Å². The summed E-state index contributed by atoms with van der Waals surface area (Å²) < 4.78 is 95.2. The summed E-state index contributed by atoms with van der Waals surface area (Å²) in [6, 6.07) is 23.6. The number of fused-ring (bicyclic) bond motifs is 2. The fourth-order valence-corrected chi connectivity index (χ4v) is 28.7. The molecule has 0 amide bonds. The van der Waals surface area contributed by atoms with Crippen LogP contribution >= 0.6 is 0 Å². The van der Waals surface area contributed by atoms with Gasteiger partial charge in [0.1, 0.15) is 0 Å². The zero-order valence-corrected chi connectivity index (χ0v) is 39.2. The molecule has 0 saturated carbocycles. The van der Waals surface area contributed by atoms with Gasteiger partial charge in [0.2, 0.25) is 0 Å². The molecule has 2 nitrogen and oxygen atoms in total. The maximum absolute atomic E-state index is 13.7. The molecule has 2 unspecified atom stereocenters. The summed E-state index contributed by atoms with van der Waals surface area (Å²) in [5, 5.41) is 0. The van der Waals surface area contributed by atoms with E-state index in [-0.39, 0.29) is 32.1 Å². The molecule has 2 atom stereocenters. The molecular formula is C48H42Cl2F6O2SiZr. The van der Waals surface area contributed by atoms with Crippen molar-refractivity contribution >= 4 is 28.7 Å². The van der Waals surface area contributed by atoms with Crippen LogP contribution in [0.5, 0.6) is 0 Å². The molecule has 8 rings (SSSR count). The van der Waals surface area contributed by atoms with Crippen LogP contribution in [0.3, 0.4) is 0 Å². The molecule has 2 aromatic heterocycles. The Bertz CT molecular complexity index is 2550. The summed E-state index contributed by atoms with van der Waals surface area (Å²) >= 11 is -3.02. The molecular weight excluding hydrogens is 913 g/mol. The quantitative estimate of drug-likeness (QED) is 0.123. The number of rotatable bonds is 6. The third-order valence-electron chi connectivity index (χ3n) is 11.9. The Hall–Kier alpha value is -3.82. The van der Waals surface area contributed by atoms with Crippen LogP contribution < -0.4 is 24.8 Å². The van der Waals surface area contributed by atoms with Crippen molar-refractivity contribution in [3.05, 3.63) is 164 Å². The Labute approximate surface area is 366 Å². The van der Waals surface area contributed by atoms with E-state index >= 15 is 0 Å². The van der Waals surface area contributed by atoms with E-state index in [9.17, 15) is 26.3 Å². The molecule has 0 fully saturated rings. The summed E-state index contributed by atoms with van der Waals surface area (Å²) in [7, 11) is 0. The average Bonchev–Trinajstić information content (AvgIpc) is 3.95. The predicted molar refractivity (Wildman–Crippen MR) is 218 cm³/mol. The van der Waals surface area contributed by atoms with Gasteiger partial charge in [-0.15, -0.1) is 0 Å². The molecule has 0 radical (unpaired) electrons. The number of hydrogen-bond donors (Lipinski definition) is 0. The van der Waals surface area contributed by atoms with Crippen LogP contribution in [0.15, 0.2) is 93.8 Å². The minimum Gasteiger partial charge on any atom is -1.00 e. The molecule has 0 aliphatic heterocycles. The molecule has 0 saturated heterocycles. The Kier molecular flexibility index (Phi) is 12.8. The Balaban J connectivity index is 0.00000302. The van der Waals surface area contributed by atoms with E-state index in [2.05, 4.69) is 51.2 Å². The second-order valence-electron chi connectivity index (χ2n) is 15.9. The Morgan fingerprint density at radius 2 is 0.867 bits per heavy atom. The normalized spacial score (nSPS) is 15.6. The molecule has 0 spiro atoms. The molecule has 12 heteroatoms. The van der Waals surface area contributed by atoms with Gasteiger partial charge in [0.15, 0.2) is 0 Å². The predicted octanol–water partition coefficient (Wildman–Crippen LogP) is 8.86. The molecule has 0 N–H and O–H groups in total.